The second-order valence-electron chi connectivity index (χ2n) is 9.64. The third-order valence-corrected chi connectivity index (χ3v) is 6.64. The van der Waals surface area contributed by atoms with Crippen molar-refractivity contribution >= 4 is 11.9 Å². The number of rotatable bonds is 20. The van der Waals surface area contributed by atoms with Gasteiger partial charge in [-0.2, -0.15) is 0 Å². The van der Waals surface area contributed by atoms with Crippen molar-refractivity contribution in [3.63, 3.8) is 0 Å². The van der Waals surface area contributed by atoms with Gasteiger partial charge in [0, 0.05) is 0 Å². The van der Waals surface area contributed by atoms with Crippen molar-refractivity contribution < 1.29 is 19.1 Å². The fraction of sp³-hybridized carbons (Fsp3) is 0.759. The zero-order chi connectivity index (χ0) is 25.0. The quantitative estimate of drug-likeness (QED) is 0.140. The Morgan fingerprint density at radius 3 is 1.71 bits per heavy atom. The Labute approximate surface area is 208 Å². The summed E-state index contributed by atoms with van der Waals surface area (Å²) in [7, 11) is 0. The molecule has 0 aliphatic rings. The molecular formula is C29H49NO4. The van der Waals surface area contributed by atoms with Crippen LogP contribution >= 0.6 is 0 Å². The molecule has 1 aromatic rings. The molecule has 0 bridgehead atoms. The normalized spacial score (nSPS) is 12.8. The summed E-state index contributed by atoms with van der Waals surface area (Å²) in [6, 6.07) is 4.78. The maximum Gasteiger partial charge on any atom is 0.357 e. The number of esters is 2. The van der Waals surface area contributed by atoms with Gasteiger partial charge >= 0.3 is 11.9 Å². The van der Waals surface area contributed by atoms with Crippen molar-refractivity contribution in [1.29, 1.82) is 0 Å². The molecule has 0 saturated heterocycles. The number of hydrogen-bond acceptors (Lipinski definition) is 5. The number of hydrogen-bond donors (Lipinski definition) is 0. The van der Waals surface area contributed by atoms with Gasteiger partial charge in [-0.15, -0.1) is 0 Å². The number of carbonyl (C=O) groups excluding carboxylic acids is 2. The summed E-state index contributed by atoms with van der Waals surface area (Å²) < 4.78 is 10.8. The summed E-state index contributed by atoms with van der Waals surface area (Å²) in [6.07, 6.45) is 18.8. The molecule has 2 atom stereocenters. The van der Waals surface area contributed by atoms with E-state index >= 15 is 0 Å². The third kappa shape index (κ3) is 13.7. The first-order valence-corrected chi connectivity index (χ1v) is 13.8. The lowest BCUT2D eigenvalue weighted by atomic mass is 10.0. The van der Waals surface area contributed by atoms with Crippen LogP contribution in [-0.4, -0.2) is 29.6 Å². The number of ether oxygens (including phenoxy) is 2. The van der Waals surface area contributed by atoms with Gasteiger partial charge in [-0.05, 0) is 31.4 Å². The van der Waals surface area contributed by atoms with Gasteiger partial charge < -0.3 is 9.47 Å². The van der Waals surface area contributed by atoms with Crippen LogP contribution in [0.5, 0.6) is 0 Å². The molecule has 0 saturated carbocycles. The van der Waals surface area contributed by atoms with Gasteiger partial charge in [0.25, 0.3) is 0 Å². The van der Waals surface area contributed by atoms with Crippen molar-refractivity contribution in [2.24, 2.45) is 5.92 Å². The van der Waals surface area contributed by atoms with Crippen molar-refractivity contribution in [1.82, 2.24) is 4.98 Å². The van der Waals surface area contributed by atoms with Crippen LogP contribution in [0.3, 0.4) is 0 Å². The molecule has 2 unspecified atom stereocenters. The lowest BCUT2D eigenvalue weighted by molar-refractivity contribution is 0.0206. The van der Waals surface area contributed by atoms with E-state index in [2.05, 4.69) is 18.8 Å². The molecule has 34 heavy (non-hydrogen) atoms. The minimum Gasteiger partial charge on any atom is -0.461 e. The summed E-state index contributed by atoms with van der Waals surface area (Å²) in [5, 5.41) is 0. The van der Waals surface area contributed by atoms with Crippen LogP contribution < -0.4 is 0 Å². The van der Waals surface area contributed by atoms with Crippen molar-refractivity contribution in [2.75, 3.05) is 6.61 Å². The monoisotopic (exact) mass is 475 g/mol. The molecule has 0 radical (unpaired) electrons. The fourth-order valence-electron chi connectivity index (χ4n) is 3.87. The van der Waals surface area contributed by atoms with Gasteiger partial charge in [-0.3, -0.25) is 0 Å². The maximum atomic E-state index is 12.3. The minimum absolute atomic E-state index is 0.140. The second-order valence-corrected chi connectivity index (χ2v) is 9.64. The highest BCUT2D eigenvalue weighted by Crippen LogP contribution is 2.14. The molecule has 194 valence electrons. The molecule has 5 nitrogen and oxygen atoms in total. The molecule has 1 rings (SSSR count). The molecule has 1 heterocycles. The van der Waals surface area contributed by atoms with E-state index in [0.717, 1.165) is 19.3 Å². The lowest BCUT2D eigenvalue weighted by Crippen LogP contribution is -2.22. The van der Waals surface area contributed by atoms with Crippen molar-refractivity contribution in [3.8, 4) is 0 Å². The molecule has 5 heteroatoms. The Balaban J connectivity index is 2.11. The van der Waals surface area contributed by atoms with E-state index in [1.165, 1.54) is 77.0 Å². The van der Waals surface area contributed by atoms with Crippen LogP contribution in [0.1, 0.15) is 145 Å². The summed E-state index contributed by atoms with van der Waals surface area (Å²) in [6.45, 7) is 8.62. The highest BCUT2D eigenvalue weighted by molar-refractivity contribution is 5.91. The Morgan fingerprint density at radius 1 is 0.735 bits per heavy atom. The van der Waals surface area contributed by atoms with Gasteiger partial charge in [0.2, 0.25) is 0 Å². The summed E-state index contributed by atoms with van der Waals surface area (Å²) in [5.74, 6) is -0.726. The topological polar surface area (TPSA) is 65.5 Å². The van der Waals surface area contributed by atoms with E-state index in [0.29, 0.717) is 6.61 Å². The standard InChI is InChI=1S/C29H49NO4/c1-5-7-8-9-10-11-12-13-14-15-16-17-18-19-23-33-28(31)26-21-20-22-27(30-26)29(32)34-25(4)24(3)6-2/h20-22,24-25H,5-19,23H2,1-4H3. The largest absolute Gasteiger partial charge is 0.461 e. The van der Waals surface area contributed by atoms with Crippen molar-refractivity contribution in [3.05, 3.63) is 29.6 Å². The van der Waals surface area contributed by atoms with E-state index < -0.39 is 11.9 Å². The Morgan fingerprint density at radius 2 is 1.21 bits per heavy atom. The molecule has 0 aromatic carbocycles. The molecule has 0 fully saturated rings. The number of carbonyl (C=O) groups is 2. The van der Waals surface area contributed by atoms with Crippen molar-refractivity contribution in [2.45, 2.75) is 130 Å². The van der Waals surface area contributed by atoms with Crippen LogP contribution in [0.2, 0.25) is 0 Å². The van der Waals surface area contributed by atoms with Crippen LogP contribution in [0.4, 0.5) is 0 Å². The van der Waals surface area contributed by atoms with Gasteiger partial charge in [-0.1, -0.05) is 117 Å². The zero-order valence-corrected chi connectivity index (χ0v) is 22.3. The first-order chi connectivity index (χ1) is 16.5. The van der Waals surface area contributed by atoms with Crippen LogP contribution in [0, 0.1) is 5.92 Å². The zero-order valence-electron chi connectivity index (χ0n) is 22.3. The molecule has 0 aliphatic heterocycles. The highest BCUT2D eigenvalue weighted by Gasteiger charge is 2.19. The second kappa shape index (κ2) is 19.4. The minimum atomic E-state index is -0.505. The summed E-state index contributed by atoms with van der Waals surface area (Å²) in [5.41, 5.74) is 0.289. The Hall–Kier alpha value is -1.91. The van der Waals surface area contributed by atoms with E-state index in [-0.39, 0.29) is 23.4 Å². The van der Waals surface area contributed by atoms with E-state index in [4.69, 9.17) is 9.47 Å². The van der Waals surface area contributed by atoms with Gasteiger partial charge in [-0.25, -0.2) is 14.6 Å². The van der Waals surface area contributed by atoms with E-state index in [1.54, 1.807) is 18.2 Å². The van der Waals surface area contributed by atoms with Gasteiger partial charge in [0.1, 0.15) is 17.5 Å². The van der Waals surface area contributed by atoms with E-state index in [9.17, 15) is 9.59 Å². The first kappa shape index (κ1) is 30.1. The first-order valence-electron chi connectivity index (χ1n) is 13.8. The van der Waals surface area contributed by atoms with Gasteiger partial charge in [0.05, 0.1) is 6.61 Å². The maximum absolute atomic E-state index is 12.3. The average molecular weight is 476 g/mol. The Bertz CT molecular complexity index is 676. The summed E-state index contributed by atoms with van der Waals surface area (Å²) in [4.78, 5) is 28.8. The number of nitrogens with zero attached hydrogens (tertiary/aromatic N) is 1. The predicted molar refractivity (Wildman–Crippen MR) is 139 cm³/mol. The highest BCUT2D eigenvalue weighted by atomic mass is 16.5. The average Bonchev–Trinajstić information content (AvgIpc) is 2.85. The van der Waals surface area contributed by atoms with Crippen LogP contribution in [0.15, 0.2) is 18.2 Å². The number of pyridine rings is 1. The number of aromatic nitrogens is 1. The molecular weight excluding hydrogens is 426 g/mol. The SMILES string of the molecule is CCCCCCCCCCCCCCCCOC(=O)c1cccc(C(=O)OC(C)C(C)CC)n1. The van der Waals surface area contributed by atoms with E-state index in [1.807, 2.05) is 13.8 Å². The Kier molecular flexibility index (Phi) is 17.2. The molecule has 0 aliphatic carbocycles. The third-order valence-electron chi connectivity index (χ3n) is 6.64. The molecule has 0 amide bonds. The van der Waals surface area contributed by atoms with Crippen LogP contribution in [0.25, 0.3) is 0 Å². The van der Waals surface area contributed by atoms with Gasteiger partial charge in [0.15, 0.2) is 0 Å². The smallest absolute Gasteiger partial charge is 0.357 e. The number of unbranched alkanes of at least 4 members (excludes halogenated alkanes) is 13. The summed E-state index contributed by atoms with van der Waals surface area (Å²) >= 11 is 0. The molecule has 1 aromatic heterocycles. The lowest BCUT2D eigenvalue weighted by Gasteiger charge is -2.18. The molecule has 0 spiro atoms. The van der Waals surface area contributed by atoms with Crippen LogP contribution in [-0.2, 0) is 9.47 Å². The predicted octanol–water partition coefficient (Wildman–Crippen LogP) is 8.31. The molecule has 0 N–H and O–H groups in total. The fourth-order valence-corrected chi connectivity index (χ4v) is 3.87.